The van der Waals surface area contributed by atoms with Gasteiger partial charge in [-0.25, -0.2) is 8.42 Å². The van der Waals surface area contributed by atoms with Crippen LogP contribution >= 0.6 is 34.8 Å². The summed E-state index contributed by atoms with van der Waals surface area (Å²) in [7, 11) is -4.23. The lowest BCUT2D eigenvalue weighted by atomic mass is 10.1. The number of benzene rings is 3. The van der Waals surface area contributed by atoms with Crippen molar-refractivity contribution < 1.29 is 18.0 Å². The Kier molecular flexibility index (Phi) is 10.5. The van der Waals surface area contributed by atoms with Crippen molar-refractivity contribution in [1.29, 1.82) is 0 Å². The van der Waals surface area contributed by atoms with Gasteiger partial charge in [0.25, 0.3) is 10.0 Å². The number of amides is 2. The molecular formula is C29H32Cl3N3O4S. The average Bonchev–Trinajstić information content (AvgIpc) is 2.88. The second kappa shape index (κ2) is 13.3. The van der Waals surface area contributed by atoms with Gasteiger partial charge >= 0.3 is 0 Å². The Hall–Kier alpha value is -2.78. The van der Waals surface area contributed by atoms with E-state index in [-0.39, 0.29) is 34.5 Å². The maximum Gasteiger partial charge on any atom is 0.264 e. The molecule has 1 atom stereocenters. The first-order chi connectivity index (χ1) is 18.8. The van der Waals surface area contributed by atoms with Gasteiger partial charge in [0.2, 0.25) is 11.8 Å². The zero-order chi connectivity index (χ0) is 29.7. The van der Waals surface area contributed by atoms with E-state index in [4.69, 9.17) is 34.8 Å². The van der Waals surface area contributed by atoms with Crippen LogP contribution in [0.5, 0.6) is 0 Å². The fourth-order valence-corrected chi connectivity index (χ4v) is 6.37. The van der Waals surface area contributed by atoms with Gasteiger partial charge in [-0.15, -0.1) is 0 Å². The molecule has 11 heteroatoms. The van der Waals surface area contributed by atoms with Gasteiger partial charge in [0.1, 0.15) is 12.6 Å². The van der Waals surface area contributed by atoms with Gasteiger partial charge in [-0.05, 0) is 63.6 Å². The van der Waals surface area contributed by atoms with Crippen LogP contribution in [0, 0.1) is 0 Å². The molecule has 2 amide bonds. The Labute approximate surface area is 251 Å². The molecule has 0 saturated carbocycles. The Morgan fingerprint density at radius 3 is 1.95 bits per heavy atom. The van der Waals surface area contributed by atoms with Crippen molar-refractivity contribution in [2.75, 3.05) is 10.8 Å². The van der Waals surface area contributed by atoms with E-state index in [1.54, 1.807) is 61.5 Å². The quantitative estimate of drug-likeness (QED) is 0.277. The molecule has 0 radical (unpaired) electrons. The number of halogens is 3. The largest absolute Gasteiger partial charge is 0.350 e. The van der Waals surface area contributed by atoms with Crippen LogP contribution in [-0.4, -0.2) is 43.3 Å². The number of anilines is 1. The van der Waals surface area contributed by atoms with Crippen molar-refractivity contribution in [3.8, 4) is 0 Å². The zero-order valence-electron chi connectivity index (χ0n) is 22.7. The normalized spacial score (nSPS) is 12.5. The summed E-state index contributed by atoms with van der Waals surface area (Å²) in [4.78, 5) is 28.8. The Morgan fingerprint density at radius 1 is 0.850 bits per heavy atom. The molecule has 7 nitrogen and oxygen atoms in total. The molecule has 3 rings (SSSR count). The molecule has 40 heavy (non-hydrogen) atoms. The van der Waals surface area contributed by atoms with Crippen LogP contribution in [0.3, 0.4) is 0 Å². The fourth-order valence-electron chi connectivity index (χ4n) is 4.11. The van der Waals surface area contributed by atoms with Crippen LogP contribution < -0.4 is 9.62 Å². The summed E-state index contributed by atoms with van der Waals surface area (Å²) in [5, 5.41) is 3.70. The number of rotatable bonds is 10. The van der Waals surface area contributed by atoms with Crippen LogP contribution in [0.25, 0.3) is 0 Å². The molecule has 214 valence electrons. The van der Waals surface area contributed by atoms with E-state index in [1.165, 1.54) is 23.1 Å². The standard InChI is InChI=1S/C29H32Cl3N3O4S/c1-5-25(28(37)33-29(2,3)4)34(18-21-22(30)15-11-16-23(21)31)27(36)19-35(26-17-10-9-14-24(26)32)40(38,39)20-12-7-6-8-13-20/h6-17,25H,5,18-19H2,1-4H3,(H,33,37)/t25-/m0/s1. The third kappa shape index (κ3) is 7.69. The monoisotopic (exact) mass is 623 g/mol. The highest BCUT2D eigenvalue weighted by atomic mass is 35.5. The number of sulfonamides is 1. The molecule has 0 aliphatic heterocycles. The van der Waals surface area contributed by atoms with Crippen LogP contribution in [-0.2, 0) is 26.2 Å². The van der Waals surface area contributed by atoms with Gasteiger partial charge in [-0.3, -0.25) is 13.9 Å². The summed E-state index contributed by atoms with van der Waals surface area (Å²) in [6, 6.07) is 18.1. The SMILES string of the molecule is CC[C@@H](C(=O)NC(C)(C)C)N(Cc1c(Cl)cccc1Cl)C(=O)CN(c1ccccc1Cl)S(=O)(=O)c1ccccc1. The number of nitrogens with zero attached hydrogens (tertiary/aromatic N) is 2. The molecule has 0 aromatic heterocycles. The second-order valence-corrected chi connectivity index (χ2v) is 13.2. The van der Waals surface area contributed by atoms with Gasteiger partial charge in [-0.2, -0.15) is 0 Å². The van der Waals surface area contributed by atoms with Crippen LogP contribution in [0.1, 0.15) is 39.7 Å². The first kappa shape index (κ1) is 31.7. The van der Waals surface area contributed by atoms with Gasteiger partial charge < -0.3 is 10.2 Å². The zero-order valence-corrected chi connectivity index (χ0v) is 25.8. The van der Waals surface area contributed by atoms with Gasteiger partial charge in [0.15, 0.2) is 0 Å². The number of carbonyl (C=O) groups excluding carboxylic acids is 2. The number of hydrogen-bond acceptors (Lipinski definition) is 4. The smallest absolute Gasteiger partial charge is 0.264 e. The van der Waals surface area contributed by atoms with Crippen molar-refractivity contribution in [3.63, 3.8) is 0 Å². The lowest BCUT2D eigenvalue weighted by molar-refractivity contribution is -0.141. The van der Waals surface area contributed by atoms with E-state index in [2.05, 4.69) is 5.32 Å². The van der Waals surface area contributed by atoms with E-state index < -0.39 is 34.1 Å². The predicted molar refractivity (Wildman–Crippen MR) is 161 cm³/mol. The maximum atomic E-state index is 14.1. The summed E-state index contributed by atoms with van der Waals surface area (Å²) >= 11 is 19.3. The molecule has 0 saturated heterocycles. The number of hydrogen-bond donors (Lipinski definition) is 1. The molecule has 1 N–H and O–H groups in total. The van der Waals surface area contributed by atoms with Crippen molar-refractivity contribution in [3.05, 3.63) is 93.4 Å². The Morgan fingerprint density at radius 2 is 1.40 bits per heavy atom. The van der Waals surface area contributed by atoms with Crippen LogP contribution in [0.2, 0.25) is 15.1 Å². The molecular weight excluding hydrogens is 593 g/mol. The highest BCUT2D eigenvalue weighted by Crippen LogP contribution is 2.32. The molecule has 3 aromatic rings. The fraction of sp³-hybridized carbons (Fsp3) is 0.310. The summed E-state index contributed by atoms with van der Waals surface area (Å²) in [6.45, 7) is 6.53. The van der Waals surface area contributed by atoms with Gasteiger partial charge in [0.05, 0.1) is 15.6 Å². The van der Waals surface area contributed by atoms with Crippen molar-refractivity contribution in [2.45, 2.75) is 57.1 Å². The predicted octanol–water partition coefficient (Wildman–Crippen LogP) is 6.56. The van der Waals surface area contributed by atoms with Gasteiger partial charge in [-0.1, -0.05) is 78.1 Å². The molecule has 0 heterocycles. The molecule has 0 bridgehead atoms. The first-order valence-corrected chi connectivity index (χ1v) is 15.2. The minimum atomic E-state index is -4.23. The van der Waals surface area contributed by atoms with Crippen molar-refractivity contribution in [1.82, 2.24) is 10.2 Å². The maximum absolute atomic E-state index is 14.1. The van der Waals surface area contributed by atoms with E-state index in [0.29, 0.717) is 15.6 Å². The molecule has 0 spiro atoms. The highest BCUT2D eigenvalue weighted by molar-refractivity contribution is 7.92. The lowest BCUT2D eigenvalue weighted by Gasteiger charge is -2.35. The van der Waals surface area contributed by atoms with E-state index in [0.717, 1.165) is 4.31 Å². The van der Waals surface area contributed by atoms with E-state index >= 15 is 0 Å². The van der Waals surface area contributed by atoms with Crippen LogP contribution in [0.4, 0.5) is 5.69 Å². The molecule has 0 unspecified atom stereocenters. The summed E-state index contributed by atoms with van der Waals surface area (Å²) in [6.07, 6.45) is 0.257. The second-order valence-electron chi connectivity index (χ2n) is 10.2. The minimum Gasteiger partial charge on any atom is -0.350 e. The van der Waals surface area contributed by atoms with Gasteiger partial charge in [0, 0.05) is 27.7 Å². The Bertz CT molecular complexity index is 1440. The third-order valence-corrected chi connectivity index (χ3v) is 8.81. The topological polar surface area (TPSA) is 86.8 Å². The van der Waals surface area contributed by atoms with Crippen molar-refractivity contribution >= 4 is 62.3 Å². The lowest BCUT2D eigenvalue weighted by Crippen LogP contribution is -2.55. The number of carbonyl (C=O) groups is 2. The molecule has 0 aliphatic carbocycles. The highest BCUT2D eigenvalue weighted by Gasteiger charge is 2.35. The van der Waals surface area contributed by atoms with Crippen molar-refractivity contribution in [2.24, 2.45) is 0 Å². The Balaban J connectivity index is 2.12. The molecule has 3 aromatic carbocycles. The van der Waals surface area contributed by atoms with Crippen LogP contribution in [0.15, 0.2) is 77.7 Å². The van der Waals surface area contributed by atoms with E-state index in [1.807, 2.05) is 20.8 Å². The summed E-state index contributed by atoms with van der Waals surface area (Å²) < 4.78 is 28.7. The van der Waals surface area contributed by atoms with E-state index in [9.17, 15) is 18.0 Å². The molecule has 0 fully saturated rings. The number of para-hydroxylation sites is 1. The summed E-state index contributed by atoms with van der Waals surface area (Å²) in [5.74, 6) is -1.02. The molecule has 0 aliphatic rings. The average molecular weight is 625 g/mol. The third-order valence-electron chi connectivity index (χ3n) is 6.01. The summed E-state index contributed by atoms with van der Waals surface area (Å²) in [5.41, 5.74) is 0.00213. The first-order valence-electron chi connectivity index (χ1n) is 12.6. The minimum absolute atomic E-state index is 0.0130. The number of nitrogens with one attached hydrogen (secondary N) is 1.